The average molecular weight is 409 g/mol. The minimum Gasteiger partial charge on any atom is -0.494 e. The van der Waals surface area contributed by atoms with Crippen LogP contribution in [0.2, 0.25) is 0 Å². The minimum absolute atomic E-state index is 0.182. The van der Waals surface area contributed by atoms with Crippen molar-refractivity contribution in [2.24, 2.45) is 0 Å². The molecule has 1 aromatic carbocycles. The first-order valence-electron chi connectivity index (χ1n) is 9.06. The molecule has 148 valence electrons. The van der Waals surface area contributed by atoms with Crippen LogP contribution in [0.15, 0.2) is 58.3 Å². The molecule has 8 nitrogen and oxygen atoms in total. The van der Waals surface area contributed by atoms with E-state index in [9.17, 15) is 4.79 Å². The van der Waals surface area contributed by atoms with Gasteiger partial charge in [0.25, 0.3) is 0 Å². The first-order chi connectivity index (χ1) is 14.1. The SMILES string of the molecule is CCOc1ccc(-c2cc3c(SCC(=O)Nc4cc(C)on4)nccn3n2)cc1. The Morgan fingerprint density at radius 2 is 2.10 bits per heavy atom. The molecule has 4 rings (SSSR count). The van der Waals surface area contributed by atoms with E-state index in [1.165, 1.54) is 11.8 Å². The second kappa shape index (κ2) is 8.36. The van der Waals surface area contributed by atoms with Gasteiger partial charge in [-0.1, -0.05) is 16.9 Å². The quantitative estimate of drug-likeness (QED) is 0.464. The Hall–Kier alpha value is -3.33. The monoisotopic (exact) mass is 409 g/mol. The molecule has 0 aliphatic heterocycles. The lowest BCUT2D eigenvalue weighted by atomic mass is 10.1. The Morgan fingerprint density at radius 1 is 1.28 bits per heavy atom. The molecule has 0 aliphatic carbocycles. The van der Waals surface area contributed by atoms with Crippen molar-refractivity contribution in [3.05, 3.63) is 54.6 Å². The number of aromatic nitrogens is 4. The van der Waals surface area contributed by atoms with Crippen LogP contribution in [0.4, 0.5) is 5.82 Å². The van der Waals surface area contributed by atoms with E-state index in [2.05, 4.69) is 20.6 Å². The summed E-state index contributed by atoms with van der Waals surface area (Å²) in [5, 5.41) is 11.8. The fraction of sp³-hybridized carbons (Fsp3) is 0.200. The number of nitrogens with one attached hydrogen (secondary N) is 1. The lowest BCUT2D eigenvalue weighted by molar-refractivity contribution is -0.113. The third-order valence-corrected chi connectivity index (χ3v) is 5.05. The van der Waals surface area contributed by atoms with Crippen LogP contribution < -0.4 is 10.1 Å². The number of benzene rings is 1. The fourth-order valence-electron chi connectivity index (χ4n) is 2.78. The van der Waals surface area contributed by atoms with Gasteiger partial charge in [-0.15, -0.1) is 0 Å². The normalized spacial score (nSPS) is 11.0. The number of hydrogen-bond acceptors (Lipinski definition) is 7. The van der Waals surface area contributed by atoms with Crippen LogP contribution in [0.5, 0.6) is 5.75 Å². The number of rotatable bonds is 7. The second-order valence-corrected chi connectivity index (χ2v) is 7.17. The van der Waals surface area contributed by atoms with Crippen molar-refractivity contribution in [2.75, 3.05) is 17.7 Å². The number of ether oxygens (including phenoxy) is 1. The third-order valence-electron chi connectivity index (χ3n) is 4.05. The molecule has 9 heteroatoms. The number of fused-ring (bicyclic) bond motifs is 1. The fourth-order valence-corrected chi connectivity index (χ4v) is 3.55. The van der Waals surface area contributed by atoms with Gasteiger partial charge in [0.1, 0.15) is 16.5 Å². The Labute approximate surface area is 171 Å². The van der Waals surface area contributed by atoms with Crippen LogP contribution in [0.1, 0.15) is 12.7 Å². The van der Waals surface area contributed by atoms with Gasteiger partial charge in [-0.05, 0) is 44.2 Å². The van der Waals surface area contributed by atoms with Gasteiger partial charge in [-0.25, -0.2) is 9.50 Å². The maximum Gasteiger partial charge on any atom is 0.236 e. The maximum atomic E-state index is 12.2. The number of amides is 1. The summed E-state index contributed by atoms with van der Waals surface area (Å²) in [5.41, 5.74) is 2.64. The van der Waals surface area contributed by atoms with Crippen LogP contribution in [0.3, 0.4) is 0 Å². The molecule has 0 saturated carbocycles. The van der Waals surface area contributed by atoms with E-state index in [-0.39, 0.29) is 11.7 Å². The lowest BCUT2D eigenvalue weighted by Crippen LogP contribution is -2.14. The van der Waals surface area contributed by atoms with E-state index >= 15 is 0 Å². The molecule has 1 amide bonds. The van der Waals surface area contributed by atoms with E-state index in [0.717, 1.165) is 27.5 Å². The topological polar surface area (TPSA) is 94.5 Å². The van der Waals surface area contributed by atoms with Gasteiger partial charge >= 0.3 is 0 Å². The van der Waals surface area contributed by atoms with Gasteiger partial charge in [-0.3, -0.25) is 4.79 Å². The summed E-state index contributed by atoms with van der Waals surface area (Å²) in [4.78, 5) is 16.6. The molecule has 0 aliphatic rings. The molecule has 0 saturated heterocycles. The molecule has 3 heterocycles. The zero-order valence-electron chi connectivity index (χ0n) is 16.0. The Balaban J connectivity index is 1.49. The standard InChI is InChI=1S/C20H19N5O3S/c1-3-27-15-6-4-14(5-7-15)16-11-17-20(21-8-9-25(17)23-16)29-12-19(26)22-18-10-13(2)28-24-18/h4-11H,3,12H2,1-2H3,(H,22,24,26). The highest BCUT2D eigenvalue weighted by Crippen LogP contribution is 2.27. The second-order valence-electron chi connectivity index (χ2n) is 6.21. The van der Waals surface area contributed by atoms with E-state index in [1.807, 2.05) is 37.3 Å². The molecule has 0 fully saturated rings. The number of carbonyl (C=O) groups excluding carboxylic acids is 1. The van der Waals surface area contributed by atoms with Crippen molar-refractivity contribution in [1.82, 2.24) is 19.8 Å². The molecule has 1 N–H and O–H groups in total. The van der Waals surface area contributed by atoms with Crippen molar-refractivity contribution in [3.8, 4) is 17.0 Å². The summed E-state index contributed by atoms with van der Waals surface area (Å²) in [6.07, 6.45) is 3.46. The van der Waals surface area contributed by atoms with Crippen molar-refractivity contribution in [1.29, 1.82) is 0 Å². The predicted octanol–water partition coefficient (Wildman–Crippen LogP) is 3.82. The minimum atomic E-state index is -0.182. The first kappa shape index (κ1) is 19.0. The van der Waals surface area contributed by atoms with Crippen molar-refractivity contribution in [3.63, 3.8) is 0 Å². The molecule has 0 radical (unpaired) electrons. The Morgan fingerprint density at radius 3 is 2.83 bits per heavy atom. The van der Waals surface area contributed by atoms with E-state index in [4.69, 9.17) is 9.26 Å². The van der Waals surface area contributed by atoms with Crippen LogP contribution in [0, 0.1) is 6.92 Å². The van der Waals surface area contributed by atoms with Gasteiger partial charge in [0.05, 0.1) is 23.6 Å². The van der Waals surface area contributed by atoms with Crippen LogP contribution in [-0.4, -0.2) is 38.0 Å². The van der Waals surface area contributed by atoms with Crippen molar-refractivity contribution in [2.45, 2.75) is 18.9 Å². The number of aryl methyl sites for hydroxylation is 1. The number of hydrogen-bond donors (Lipinski definition) is 1. The summed E-state index contributed by atoms with van der Waals surface area (Å²) in [5.74, 6) is 1.88. The number of nitrogens with zero attached hydrogens (tertiary/aromatic N) is 4. The largest absolute Gasteiger partial charge is 0.494 e. The molecule has 0 bridgehead atoms. The van der Waals surface area contributed by atoms with Gasteiger partial charge in [0, 0.05) is 24.0 Å². The molecule has 3 aromatic heterocycles. The summed E-state index contributed by atoms with van der Waals surface area (Å²) in [6.45, 7) is 4.35. The molecule has 0 spiro atoms. The summed E-state index contributed by atoms with van der Waals surface area (Å²) in [7, 11) is 0. The number of carbonyl (C=O) groups is 1. The maximum absolute atomic E-state index is 12.2. The number of anilines is 1. The van der Waals surface area contributed by atoms with Crippen molar-refractivity contribution >= 4 is 29.0 Å². The smallest absolute Gasteiger partial charge is 0.236 e. The van der Waals surface area contributed by atoms with Gasteiger partial charge < -0.3 is 14.6 Å². The molecular formula is C20H19N5O3S. The van der Waals surface area contributed by atoms with Crippen LogP contribution in [0.25, 0.3) is 16.8 Å². The van der Waals surface area contributed by atoms with Gasteiger partial charge in [0.2, 0.25) is 5.91 Å². The molecule has 0 atom stereocenters. The molecule has 0 unspecified atom stereocenters. The van der Waals surface area contributed by atoms with Gasteiger partial charge in [0.15, 0.2) is 5.82 Å². The Bertz CT molecular complexity index is 1140. The summed E-state index contributed by atoms with van der Waals surface area (Å²) in [6, 6.07) is 11.4. The highest BCUT2D eigenvalue weighted by molar-refractivity contribution is 8.00. The Kier molecular flexibility index (Phi) is 5.48. The highest BCUT2D eigenvalue weighted by Gasteiger charge is 2.12. The van der Waals surface area contributed by atoms with Crippen molar-refractivity contribution < 1.29 is 14.1 Å². The summed E-state index contributed by atoms with van der Waals surface area (Å²) >= 11 is 1.34. The van der Waals surface area contributed by atoms with Crippen LogP contribution in [-0.2, 0) is 4.79 Å². The number of thioether (sulfide) groups is 1. The zero-order valence-corrected chi connectivity index (χ0v) is 16.8. The van der Waals surface area contributed by atoms with Crippen LogP contribution >= 0.6 is 11.8 Å². The van der Waals surface area contributed by atoms with E-state index in [0.29, 0.717) is 18.2 Å². The first-order valence-corrected chi connectivity index (χ1v) is 10.0. The molecule has 4 aromatic rings. The highest BCUT2D eigenvalue weighted by atomic mass is 32.2. The summed E-state index contributed by atoms with van der Waals surface area (Å²) < 4.78 is 12.2. The van der Waals surface area contributed by atoms with Gasteiger partial charge in [-0.2, -0.15) is 5.10 Å². The average Bonchev–Trinajstić information content (AvgIpc) is 3.33. The molecular weight excluding hydrogens is 390 g/mol. The predicted molar refractivity (Wildman–Crippen MR) is 110 cm³/mol. The third kappa shape index (κ3) is 4.40. The van der Waals surface area contributed by atoms with E-state index < -0.39 is 0 Å². The van der Waals surface area contributed by atoms with E-state index in [1.54, 1.807) is 29.9 Å². The zero-order chi connectivity index (χ0) is 20.2. The lowest BCUT2D eigenvalue weighted by Gasteiger charge is -2.02. The molecule has 29 heavy (non-hydrogen) atoms.